The van der Waals surface area contributed by atoms with Crippen molar-refractivity contribution in [1.82, 2.24) is 4.98 Å². The molecule has 2 aromatic carbocycles. The van der Waals surface area contributed by atoms with Crippen molar-refractivity contribution in [2.75, 3.05) is 6.61 Å². The Morgan fingerprint density at radius 3 is 2.67 bits per heavy atom. The van der Waals surface area contributed by atoms with E-state index in [1.165, 1.54) is 0 Å². The number of rotatable bonds is 6. The smallest absolute Gasteiger partial charge is 0.339 e. The molecule has 6 heteroatoms. The number of nitrogens with zero attached hydrogens (tertiary/aromatic N) is 1. The molecular formula is C21H20N2O4. The Labute approximate surface area is 156 Å². The van der Waals surface area contributed by atoms with Crippen molar-refractivity contribution in [3.05, 3.63) is 70.9 Å². The third kappa shape index (κ3) is 4.61. The molecule has 3 aromatic rings. The molecular weight excluding hydrogens is 344 g/mol. The van der Waals surface area contributed by atoms with Crippen LogP contribution in [0.1, 0.15) is 27.2 Å². The average Bonchev–Trinajstić information content (AvgIpc) is 2.64. The van der Waals surface area contributed by atoms with Crippen molar-refractivity contribution >= 4 is 22.8 Å². The summed E-state index contributed by atoms with van der Waals surface area (Å²) in [5, 5.41) is 0.768. The summed E-state index contributed by atoms with van der Waals surface area (Å²) in [6.45, 7) is 3.69. The van der Waals surface area contributed by atoms with Crippen molar-refractivity contribution in [3.8, 4) is 5.75 Å². The highest BCUT2D eigenvalue weighted by atomic mass is 16.5. The number of amides is 1. The fraction of sp³-hybridized carbons (Fsp3) is 0.190. The molecule has 0 radical (unpaired) electrons. The number of aromatic nitrogens is 1. The van der Waals surface area contributed by atoms with Gasteiger partial charge in [-0.2, -0.15) is 0 Å². The van der Waals surface area contributed by atoms with Crippen LogP contribution in [0.4, 0.5) is 0 Å². The Morgan fingerprint density at radius 2 is 1.89 bits per heavy atom. The van der Waals surface area contributed by atoms with Crippen LogP contribution in [-0.2, 0) is 16.1 Å². The summed E-state index contributed by atoms with van der Waals surface area (Å²) in [4.78, 5) is 27.9. The monoisotopic (exact) mass is 364 g/mol. The number of hydrogen-bond donors (Lipinski definition) is 1. The molecule has 6 nitrogen and oxygen atoms in total. The molecule has 1 aromatic heterocycles. The van der Waals surface area contributed by atoms with Crippen LogP contribution < -0.4 is 10.5 Å². The van der Waals surface area contributed by atoms with Crippen LogP contribution in [0.25, 0.3) is 10.9 Å². The van der Waals surface area contributed by atoms with Gasteiger partial charge in [0.1, 0.15) is 12.4 Å². The highest BCUT2D eigenvalue weighted by molar-refractivity contribution is 6.03. The van der Waals surface area contributed by atoms with E-state index in [1.807, 2.05) is 38.1 Å². The van der Waals surface area contributed by atoms with Gasteiger partial charge in [0.2, 0.25) is 0 Å². The third-order valence-electron chi connectivity index (χ3n) is 3.96. The fourth-order valence-electron chi connectivity index (χ4n) is 2.75. The zero-order chi connectivity index (χ0) is 19.4. The van der Waals surface area contributed by atoms with E-state index in [0.717, 1.165) is 27.7 Å². The summed E-state index contributed by atoms with van der Waals surface area (Å²) in [6.07, 6.45) is 0. The molecule has 3 rings (SSSR count). The van der Waals surface area contributed by atoms with Gasteiger partial charge in [-0.25, -0.2) is 4.79 Å². The minimum Gasteiger partial charge on any atom is -0.484 e. The number of hydrogen-bond acceptors (Lipinski definition) is 5. The van der Waals surface area contributed by atoms with Gasteiger partial charge in [-0.1, -0.05) is 23.8 Å². The molecule has 1 heterocycles. The normalized spacial score (nSPS) is 10.6. The topological polar surface area (TPSA) is 91.5 Å². The van der Waals surface area contributed by atoms with Crippen molar-refractivity contribution in [2.24, 2.45) is 5.73 Å². The number of ether oxygens (including phenoxy) is 2. The molecule has 0 bridgehead atoms. The fourth-order valence-corrected chi connectivity index (χ4v) is 2.75. The number of nitrogens with two attached hydrogens (primary N) is 1. The first-order valence-corrected chi connectivity index (χ1v) is 8.47. The maximum absolute atomic E-state index is 12.7. The Bertz CT molecular complexity index is 1010. The summed E-state index contributed by atoms with van der Waals surface area (Å²) in [7, 11) is 0. The van der Waals surface area contributed by atoms with Crippen LogP contribution in [0.3, 0.4) is 0 Å². The lowest BCUT2D eigenvalue weighted by molar-refractivity contribution is -0.119. The lowest BCUT2D eigenvalue weighted by Gasteiger charge is -2.10. The molecule has 138 valence electrons. The number of carbonyl (C=O) groups is 2. The van der Waals surface area contributed by atoms with Gasteiger partial charge in [0.15, 0.2) is 6.61 Å². The standard InChI is InChI=1S/C21H20N2O4/c1-13-6-7-19-17(8-13)18(9-14(2)23-19)21(25)27-11-15-4-3-5-16(10-15)26-12-20(22)24/h3-10H,11-12H2,1-2H3,(H2,22,24). The van der Waals surface area contributed by atoms with Gasteiger partial charge in [-0.3, -0.25) is 9.78 Å². The molecule has 27 heavy (non-hydrogen) atoms. The first-order chi connectivity index (χ1) is 12.9. The Balaban J connectivity index is 1.77. The zero-order valence-electron chi connectivity index (χ0n) is 15.2. The van der Waals surface area contributed by atoms with Gasteiger partial charge in [0.05, 0.1) is 11.1 Å². The van der Waals surface area contributed by atoms with Crippen molar-refractivity contribution < 1.29 is 19.1 Å². The van der Waals surface area contributed by atoms with Crippen LogP contribution in [-0.4, -0.2) is 23.5 Å². The summed E-state index contributed by atoms with van der Waals surface area (Å²) in [6, 6.07) is 14.5. The predicted octanol–water partition coefficient (Wildman–Crippen LogP) is 3.07. The van der Waals surface area contributed by atoms with E-state index in [9.17, 15) is 9.59 Å². The largest absolute Gasteiger partial charge is 0.484 e. The Morgan fingerprint density at radius 1 is 1.07 bits per heavy atom. The number of pyridine rings is 1. The summed E-state index contributed by atoms with van der Waals surface area (Å²) in [5.74, 6) is -0.482. The lowest BCUT2D eigenvalue weighted by atomic mass is 10.1. The van der Waals surface area contributed by atoms with Crippen molar-refractivity contribution in [2.45, 2.75) is 20.5 Å². The average molecular weight is 364 g/mol. The van der Waals surface area contributed by atoms with E-state index in [1.54, 1.807) is 24.3 Å². The van der Waals surface area contributed by atoms with Crippen molar-refractivity contribution in [3.63, 3.8) is 0 Å². The number of carbonyl (C=O) groups excluding carboxylic acids is 2. The van der Waals surface area contributed by atoms with E-state index >= 15 is 0 Å². The van der Waals surface area contributed by atoms with E-state index in [0.29, 0.717) is 11.3 Å². The highest BCUT2D eigenvalue weighted by Gasteiger charge is 2.14. The quantitative estimate of drug-likeness (QED) is 0.679. The van der Waals surface area contributed by atoms with Crippen LogP contribution in [0, 0.1) is 13.8 Å². The van der Waals surface area contributed by atoms with Crippen LogP contribution >= 0.6 is 0 Å². The van der Waals surface area contributed by atoms with Gasteiger partial charge in [-0.15, -0.1) is 0 Å². The molecule has 0 spiro atoms. The highest BCUT2D eigenvalue weighted by Crippen LogP contribution is 2.22. The Kier molecular flexibility index (Phi) is 5.35. The van der Waals surface area contributed by atoms with Gasteiger partial charge in [0, 0.05) is 11.1 Å². The number of aryl methyl sites for hydroxylation is 2. The second-order valence-corrected chi connectivity index (χ2v) is 6.31. The van der Waals surface area contributed by atoms with Gasteiger partial charge < -0.3 is 15.2 Å². The van der Waals surface area contributed by atoms with E-state index in [2.05, 4.69) is 4.98 Å². The molecule has 0 aliphatic heterocycles. The minimum absolute atomic E-state index is 0.0846. The summed E-state index contributed by atoms with van der Waals surface area (Å²) < 4.78 is 10.7. The SMILES string of the molecule is Cc1ccc2nc(C)cc(C(=O)OCc3cccc(OCC(N)=O)c3)c2c1. The molecule has 0 aliphatic carbocycles. The lowest BCUT2D eigenvalue weighted by Crippen LogP contribution is -2.20. The summed E-state index contributed by atoms with van der Waals surface area (Å²) in [5.41, 5.74) is 8.86. The van der Waals surface area contributed by atoms with Gasteiger partial charge >= 0.3 is 5.97 Å². The molecule has 2 N–H and O–H groups in total. The third-order valence-corrected chi connectivity index (χ3v) is 3.96. The number of benzene rings is 2. The second kappa shape index (κ2) is 7.86. The van der Waals surface area contributed by atoms with Gasteiger partial charge in [-0.05, 0) is 49.7 Å². The van der Waals surface area contributed by atoms with Crippen LogP contribution in [0.5, 0.6) is 5.75 Å². The van der Waals surface area contributed by atoms with E-state index < -0.39 is 11.9 Å². The first-order valence-electron chi connectivity index (χ1n) is 8.47. The number of esters is 1. The molecule has 0 aliphatic rings. The van der Waals surface area contributed by atoms with E-state index in [4.69, 9.17) is 15.2 Å². The molecule has 0 unspecified atom stereocenters. The molecule has 0 fully saturated rings. The predicted molar refractivity (Wildman–Crippen MR) is 101 cm³/mol. The Hall–Kier alpha value is -3.41. The van der Waals surface area contributed by atoms with Crippen molar-refractivity contribution in [1.29, 1.82) is 0 Å². The molecule has 1 amide bonds. The van der Waals surface area contributed by atoms with Gasteiger partial charge in [0.25, 0.3) is 5.91 Å². The van der Waals surface area contributed by atoms with Crippen LogP contribution in [0.15, 0.2) is 48.5 Å². The molecule has 0 atom stereocenters. The second-order valence-electron chi connectivity index (χ2n) is 6.31. The first kappa shape index (κ1) is 18.4. The minimum atomic E-state index is -0.554. The van der Waals surface area contributed by atoms with Crippen LogP contribution in [0.2, 0.25) is 0 Å². The number of primary amides is 1. The molecule has 0 saturated carbocycles. The maximum Gasteiger partial charge on any atom is 0.339 e. The van der Waals surface area contributed by atoms with E-state index in [-0.39, 0.29) is 13.2 Å². The zero-order valence-corrected chi connectivity index (χ0v) is 15.2. The summed E-state index contributed by atoms with van der Waals surface area (Å²) >= 11 is 0. The molecule has 0 saturated heterocycles. The maximum atomic E-state index is 12.7. The number of fused-ring (bicyclic) bond motifs is 1.